The van der Waals surface area contributed by atoms with E-state index in [-0.39, 0.29) is 12.4 Å². The summed E-state index contributed by atoms with van der Waals surface area (Å²) in [5, 5.41) is 3.83. The number of aromatic nitrogens is 1. The van der Waals surface area contributed by atoms with Gasteiger partial charge in [0.1, 0.15) is 6.61 Å². The third kappa shape index (κ3) is 2.59. The van der Waals surface area contributed by atoms with Gasteiger partial charge in [0.05, 0.1) is 5.69 Å². The van der Waals surface area contributed by atoms with Gasteiger partial charge in [-0.2, -0.15) is 0 Å². The number of ether oxygens (including phenoxy) is 1. The van der Waals surface area contributed by atoms with E-state index in [1.54, 1.807) is 0 Å². The van der Waals surface area contributed by atoms with Crippen molar-refractivity contribution in [3.05, 3.63) is 52.9 Å². The molecule has 2 rings (SSSR count). The predicted octanol–water partition coefficient (Wildman–Crippen LogP) is 2.90. The third-order valence-electron chi connectivity index (χ3n) is 2.75. The molecule has 0 aliphatic carbocycles. The smallest absolute Gasteiger partial charge is 0.377 e. The average Bonchev–Trinajstić information content (AvgIpc) is 2.78. The molecular formula is C14H15NO3. The first-order valence-corrected chi connectivity index (χ1v) is 5.88. The highest BCUT2D eigenvalue weighted by Gasteiger charge is 2.19. The fourth-order valence-electron chi connectivity index (χ4n) is 1.68. The van der Waals surface area contributed by atoms with E-state index in [9.17, 15) is 4.79 Å². The normalized spacial score (nSPS) is 10.3. The third-order valence-corrected chi connectivity index (χ3v) is 2.75. The summed E-state index contributed by atoms with van der Waals surface area (Å²) in [6.07, 6.45) is 0.737. The van der Waals surface area contributed by atoms with Gasteiger partial charge in [-0.1, -0.05) is 42.4 Å². The van der Waals surface area contributed by atoms with Gasteiger partial charge in [0.2, 0.25) is 5.76 Å². The fourth-order valence-corrected chi connectivity index (χ4v) is 1.68. The van der Waals surface area contributed by atoms with Crippen molar-refractivity contribution in [2.75, 3.05) is 0 Å². The van der Waals surface area contributed by atoms with E-state index < -0.39 is 5.97 Å². The molecule has 0 bridgehead atoms. The van der Waals surface area contributed by atoms with E-state index in [0.717, 1.165) is 23.2 Å². The van der Waals surface area contributed by atoms with Gasteiger partial charge >= 0.3 is 5.97 Å². The predicted molar refractivity (Wildman–Crippen MR) is 66.2 cm³/mol. The van der Waals surface area contributed by atoms with Crippen LogP contribution in [0.25, 0.3) is 0 Å². The first kappa shape index (κ1) is 12.4. The number of benzene rings is 1. The largest absolute Gasteiger partial charge is 0.455 e. The zero-order chi connectivity index (χ0) is 13.0. The second-order valence-corrected chi connectivity index (χ2v) is 4.00. The molecule has 0 fully saturated rings. The minimum Gasteiger partial charge on any atom is -0.455 e. The summed E-state index contributed by atoms with van der Waals surface area (Å²) >= 11 is 0. The Morgan fingerprint density at radius 1 is 1.33 bits per heavy atom. The molecule has 18 heavy (non-hydrogen) atoms. The quantitative estimate of drug-likeness (QED) is 0.777. The molecule has 0 atom stereocenters. The van der Waals surface area contributed by atoms with Crippen LogP contribution in [0, 0.1) is 6.92 Å². The maximum Gasteiger partial charge on any atom is 0.377 e. The molecule has 0 saturated carbocycles. The molecule has 1 aromatic carbocycles. The van der Waals surface area contributed by atoms with Crippen LogP contribution in [0.15, 0.2) is 34.9 Å². The van der Waals surface area contributed by atoms with Gasteiger partial charge in [-0.05, 0) is 18.9 Å². The summed E-state index contributed by atoms with van der Waals surface area (Å²) in [6, 6.07) is 9.52. The van der Waals surface area contributed by atoms with E-state index in [1.165, 1.54) is 0 Å². The second-order valence-electron chi connectivity index (χ2n) is 4.00. The lowest BCUT2D eigenvalue weighted by molar-refractivity contribution is 0.0424. The highest BCUT2D eigenvalue weighted by atomic mass is 16.6. The minimum atomic E-state index is -0.469. The number of hydrogen-bond acceptors (Lipinski definition) is 4. The van der Waals surface area contributed by atoms with Crippen molar-refractivity contribution in [1.29, 1.82) is 0 Å². The average molecular weight is 245 g/mol. The van der Waals surface area contributed by atoms with Gasteiger partial charge in [0.25, 0.3) is 0 Å². The van der Waals surface area contributed by atoms with E-state index in [1.807, 2.05) is 44.2 Å². The number of rotatable bonds is 4. The molecule has 0 saturated heterocycles. The lowest BCUT2D eigenvalue weighted by atomic mass is 10.2. The molecule has 4 heteroatoms. The van der Waals surface area contributed by atoms with Crippen molar-refractivity contribution >= 4 is 5.97 Å². The van der Waals surface area contributed by atoms with Crippen LogP contribution in [-0.4, -0.2) is 11.1 Å². The van der Waals surface area contributed by atoms with Crippen molar-refractivity contribution in [3.8, 4) is 0 Å². The maximum atomic E-state index is 11.8. The Hall–Kier alpha value is -2.10. The molecular weight excluding hydrogens is 230 g/mol. The SMILES string of the molecule is CCc1noc(C(=O)OCc2ccccc2)c1C. The van der Waals surface area contributed by atoms with Crippen LogP contribution in [0.2, 0.25) is 0 Å². The maximum absolute atomic E-state index is 11.8. The highest BCUT2D eigenvalue weighted by Crippen LogP contribution is 2.15. The molecule has 1 aromatic heterocycles. The Kier molecular flexibility index (Phi) is 3.77. The van der Waals surface area contributed by atoms with Crippen molar-refractivity contribution in [2.45, 2.75) is 26.9 Å². The minimum absolute atomic E-state index is 0.197. The van der Waals surface area contributed by atoms with E-state index >= 15 is 0 Å². The van der Waals surface area contributed by atoms with Crippen molar-refractivity contribution in [1.82, 2.24) is 5.16 Å². The standard InChI is InChI=1S/C14H15NO3/c1-3-12-10(2)13(18-15-12)14(16)17-9-11-7-5-4-6-8-11/h4-8H,3,9H2,1-2H3. The van der Waals surface area contributed by atoms with Crippen LogP contribution in [0.3, 0.4) is 0 Å². The monoisotopic (exact) mass is 245 g/mol. The Morgan fingerprint density at radius 2 is 2.06 bits per heavy atom. The number of carbonyl (C=O) groups is 1. The zero-order valence-corrected chi connectivity index (χ0v) is 10.5. The van der Waals surface area contributed by atoms with Crippen LogP contribution in [0.5, 0.6) is 0 Å². The van der Waals surface area contributed by atoms with E-state index in [4.69, 9.17) is 9.26 Å². The Balaban J connectivity index is 2.02. The number of nitrogens with zero attached hydrogens (tertiary/aromatic N) is 1. The van der Waals surface area contributed by atoms with Gasteiger partial charge in [-0.15, -0.1) is 0 Å². The van der Waals surface area contributed by atoms with Gasteiger partial charge in [-0.25, -0.2) is 4.79 Å². The first-order valence-electron chi connectivity index (χ1n) is 5.88. The van der Waals surface area contributed by atoms with E-state index in [0.29, 0.717) is 0 Å². The Bertz CT molecular complexity index is 531. The summed E-state index contributed by atoms with van der Waals surface area (Å²) < 4.78 is 10.2. The topological polar surface area (TPSA) is 52.3 Å². The summed E-state index contributed by atoms with van der Waals surface area (Å²) in [5.41, 5.74) is 2.50. The molecule has 0 aliphatic heterocycles. The van der Waals surface area contributed by atoms with Crippen LogP contribution < -0.4 is 0 Å². The molecule has 1 heterocycles. The fraction of sp³-hybridized carbons (Fsp3) is 0.286. The first-order chi connectivity index (χ1) is 8.72. The van der Waals surface area contributed by atoms with Gasteiger partial charge in [-0.3, -0.25) is 0 Å². The Labute approximate surface area is 106 Å². The Morgan fingerprint density at radius 3 is 2.67 bits per heavy atom. The highest BCUT2D eigenvalue weighted by molar-refractivity contribution is 5.87. The zero-order valence-electron chi connectivity index (χ0n) is 10.5. The molecule has 94 valence electrons. The van der Waals surface area contributed by atoms with Crippen molar-refractivity contribution in [2.24, 2.45) is 0 Å². The summed E-state index contributed by atoms with van der Waals surface area (Å²) in [4.78, 5) is 11.8. The summed E-state index contributed by atoms with van der Waals surface area (Å²) in [6.45, 7) is 4.01. The number of esters is 1. The molecule has 0 unspecified atom stereocenters. The number of aryl methyl sites for hydroxylation is 1. The summed E-state index contributed by atoms with van der Waals surface area (Å²) in [7, 11) is 0. The molecule has 0 amide bonds. The molecule has 0 N–H and O–H groups in total. The molecule has 0 radical (unpaired) electrons. The van der Waals surface area contributed by atoms with Crippen LogP contribution in [-0.2, 0) is 17.8 Å². The molecule has 4 nitrogen and oxygen atoms in total. The van der Waals surface area contributed by atoms with Crippen molar-refractivity contribution in [3.63, 3.8) is 0 Å². The number of hydrogen-bond donors (Lipinski definition) is 0. The van der Waals surface area contributed by atoms with Gasteiger partial charge < -0.3 is 9.26 Å². The number of carbonyl (C=O) groups excluding carboxylic acids is 1. The second kappa shape index (κ2) is 5.49. The van der Waals surface area contributed by atoms with Crippen LogP contribution in [0.4, 0.5) is 0 Å². The lowest BCUT2D eigenvalue weighted by Gasteiger charge is -2.02. The van der Waals surface area contributed by atoms with E-state index in [2.05, 4.69) is 5.16 Å². The van der Waals surface area contributed by atoms with Crippen molar-refractivity contribution < 1.29 is 14.1 Å². The molecule has 0 aliphatic rings. The molecule has 0 spiro atoms. The van der Waals surface area contributed by atoms with Gasteiger partial charge in [0, 0.05) is 5.56 Å². The molecule has 2 aromatic rings. The van der Waals surface area contributed by atoms with Gasteiger partial charge in [0.15, 0.2) is 0 Å². The lowest BCUT2D eigenvalue weighted by Crippen LogP contribution is -2.05. The summed E-state index contributed by atoms with van der Waals surface area (Å²) in [5.74, 6) is -0.272. The van der Waals surface area contributed by atoms with Crippen LogP contribution >= 0.6 is 0 Å². The van der Waals surface area contributed by atoms with Crippen LogP contribution in [0.1, 0.15) is 34.3 Å².